The number of aryl methyl sites for hydroxylation is 1. The standard InChI is InChI=1S/C33H36F3N5O2/c1-2-7-29(39-25-13-12-22-16-24(34)17-28(36)26(22)18-25)33(42)40-32-20-41(21-38-32)30-10-5-3-8-23(30)19-37-14-15-43-31-11-6-4-9-27(31)35/h3-6,8-11,16-17,20-21,25,29,37,39H,2,7,12-15,18-19H2,1H3,(H,40,42)/t25-,29+/m0/s1. The van der Waals surface area contributed by atoms with Gasteiger partial charge in [0.2, 0.25) is 5.91 Å². The van der Waals surface area contributed by atoms with Gasteiger partial charge in [0.25, 0.3) is 0 Å². The molecule has 7 nitrogen and oxygen atoms in total. The normalized spacial score (nSPS) is 15.1. The van der Waals surface area contributed by atoms with Gasteiger partial charge in [-0.3, -0.25) is 4.79 Å². The van der Waals surface area contributed by atoms with Crippen molar-refractivity contribution in [3.05, 3.63) is 107 Å². The summed E-state index contributed by atoms with van der Waals surface area (Å²) in [6.07, 6.45) is 6.46. The lowest BCUT2D eigenvalue weighted by molar-refractivity contribution is -0.118. The largest absolute Gasteiger partial charge is 0.489 e. The van der Waals surface area contributed by atoms with E-state index in [1.807, 2.05) is 35.8 Å². The molecule has 1 aliphatic rings. The van der Waals surface area contributed by atoms with Crippen LogP contribution in [0.5, 0.6) is 5.75 Å². The zero-order chi connectivity index (χ0) is 30.2. The number of para-hydroxylation sites is 2. The summed E-state index contributed by atoms with van der Waals surface area (Å²) in [7, 11) is 0. The van der Waals surface area contributed by atoms with Crippen molar-refractivity contribution >= 4 is 11.7 Å². The first-order chi connectivity index (χ1) is 20.9. The van der Waals surface area contributed by atoms with E-state index in [2.05, 4.69) is 20.9 Å². The fourth-order valence-corrected chi connectivity index (χ4v) is 5.45. The lowest BCUT2D eigenvalue weighted by Crippen LogP contribution is -2.48. The van der Waals surface area contributed by atoms with Crippen molar-refractivity contribution in [1.29, 1.82) is 0 Å². The fraction of sp³-hybridized carbons (Fsp3) is 0.333. The molecular weight excluding hydrogens is 555 g/mol. The highest BCUT2D eigenvalue weighted by Crippen LogP contribution is 2.26. The van der Waals surface area contributed by atoms with E-state index in [1.165, 1.54) is 12.1 Å². The first kappa shape index (κ1) is 30.3. The molecular formula is C33H36F3N5O2. The van der Waals surface area contributed by atoms with Gasteiger partial charge in [0.05, 0.1) is 17.9 Å². The van der Waals surface area contributed by atoms with Gasteiger partial charge in [0, 0.05) is 25.2 Å². The maximum absolute atomic E-state index is 14.4. The molecule has 0 unspecified atom stereocenters. The molecule has 4 aromatic rings. The monoisotopic (exact) mass is 591 g/mol. The Morgan fingerprint density at radius 3 is 2.74 bits per heavy atom. The molecule has 43 heavy (non-hydrogen) atoms. The number of nitrogens with one attached hydrogen (secondary N) is 3. The van der Waals surface area contributed by atoms with Crippen LogP contribution >= 0.6 is 0 Å². The van der Waals surface area contributed by atoms with E-state index in [9.17, 15) is 18.0 Å². The molecule has 0 saturated carbocycles. The van der Waals surface area contributed by atoms with Crippen molar-refractivity contribution in [3.63, 3.8) is 0 Å². The third-order valence-electron chi connectivity index (χ3n) is 7.59. The van der Waals surface area contributed by atoms with E-state index in [0.29, 0.717) is 62.3 Å². The molecule has 0 spiro atoms. The maximum atomic E-state index is 14.4. The van der Waals surface area contributed by atoms with Crippen LogP contribution in [0.15, 0.2) is 73.2 Å². The van der Waals surface area contributed by atoms with Crippen molar-refractivity contribution in [2.45, 2.75) is 57.7 Å². The average molecular weight is 592 g/mol. The minimum Gasteiger partial charge on any atom is -0.489 e. The quantitative estimate of drug-likeness (QED) is 0.174. The number of halogens is 3. The summed E-state index contributed by atoms with van der Waals surface area (Å²) >= 11 is 0. The molecule has 0 bridgehead atoms. The van der Waals surface area contributed by atoms with Crippen molar-refractivity contribution in [2.75, 3.05) is 18.5 Å². The smallest absolute Gasteiger partial charge is 0.242 e. The van der Waals surface area contributed by atoms with Crippen LogP contribution < -0.4 is 20.7 Å². The van der Waals surface area contributed by atoms with E-state index in [1.54, 1.807) is 30.7 Å². The SMILES string of the molecule is CCC[C@@H](N[C@H]1CCc2cc(F)cc(F)c2C1)C(=O)Nc1cn(-c2ccccc2CNCCOc2ccccc2F)cn1. The Morgan fingerprint density at radius 2 is 1.91 bits per heavy atom. The van der Waals surface area contributed by atoms with Crippen LogP contribution in [0, 0.1) is 17.5 Å². The topological polar surface area (TPSA) is 80.2 Å². The second kappa shape index (κ2) is 14.3. The van der Waals surface area contributed by atoms with E-state index >= 15 is 0 Å². The first-order valence-corrected chi connectivity index (χ1v) is 14.6. The average Bonchev–Trinajstić information content (AvgIpc) is 3.46. The summed E-state index contributed by atoms with van der Waals surface area (Å²) in [5, 5.41) is 9.65. The predicted molar refractivity (Wildman–Crippen MR) is 160 cm³/mol. The van der Waals surface area contributed by atoms with Crippen LogP contribution in [-0.2, 0) is 24.2 Å². The molecule has 5 rings (SSSR count). The number of carbonyl (C=O) groups excluding carboxylic acids is 1. The van der Waals surface area contributed by atoms with Gasteiger partial charge >= 0.3 is 0 Å². The highest BCUT2D eigenvalue weighted by molar-refractivity contribution is 5.94. The second-order valence-electron chi connectivity index (χ2n) is 10.7. The Morgan fingerprint density at radius 1 is 1.09 bits per heavy atom. The van der Waals surface area contributed by atoms with Crippen LogP contribution in [-0.4, -0.2) is 40.7 Å². The Balaban J connectivity index is 1.16. The summed E-state index contributed by atoms with van der Waals surface area (Å²) in [5.74, 6) is -1.04. The molecule has 1 aromatic heterocycles. The van der Waals surface area contributed by atoms with Gasteiger partial charge < -0.3 is 25.3 Å². The minimum atomic E-state index is -0.560. The number of nitrogens with zero attached hydrogens (tertiary/aromatic N) is 2. The summed E-state index contributed by atoms with van der Waals surface area (Å²) in [6.45, 7) is 3.40. The third-order valence-corrected chi connectivity index (χ3v) is 7.59. The van der Waals surface area contributed by atoms with Crippen LogP contribution in [0.4, 0.5) is 19.0 Å². The van der Waals surface area contributed by atoms with Gasteiger partial charge in [0.15, 0.2) is 17.4 Å². The molecule has 10 heteroatoms. The van der Waals surface area contributed by atoms with Crippen LogP contribution in [0.25, 0.3) is 5.69 Å². The van der Waals surface area contributed by atoms with Crippen molar-refractivity contribution < 1.29 is 22.7 Å². The highest BCUT2D eigenvalue weighted by atomic mass is 19.1. The molecule has 3 N–H and O–H groups in total. The fourth-order valence-electron chi connectivity index (χ4n) is 5.45. The van der Waals surface area contributed by atoms with Crippen LogP contribution in [0.1, 0.15) is 42.9 Å². The van der Waals surface area contributed by atoms with E-state index in [4.69, 9.17) is 4.74 Å². The Hall–Kier alpha value is -4.15. The van der Waals surface area contributed by atoms with E-state index in [-0.39, 0.29) is 23.5 Å². The van der Waals surface area contributed by atoms with Crippen LogP contribution in [0.2, 0.25) is 0 Å². The van der Waals surface area contributed by atoms with Crippen molar-refractivity contribution in [1.82, 2.24) is 20.2 Å². The molecule has 0 saturated heterocycles. The number of ether oxygens (including phenoxy) is 1. The number of anilines is 1. The number of fused-ring (bicyclic) bond motifs is 1. The zero-order valence-corrected chi connectivity index (χ0v) is 24.1. The van der Waals surface area contributed by atoms with Gasteiger partial charge in [-0.05, 0) is 66.6 Å². The zero-order valence-electron chi connectivity index (χ0n) is 24.1. The van der Waals surface area contributed by atoms with E-state index in [0.717, 1.165) is 23.7 Å². The minimum absolute atomic E-state index is 0.0937. The van der Waals surface area contributed by atoms with Gasteiger partial charge in [-0.15, -0.1) is 0 Å². The summed E-state index contributed by atoms with van der Waals surface area (Å²) in [5.41, 5.74) is 3.13. The molecule has 0 radical (unpaired) electrons. The Labute approximate surface area is 249 Å². The van der Waals surface area contributed by atoms with Crippen LogP contribution in [0.3, 0.4) is 0 Å². The molecule has 2 atom stereocenters. The summed E-state index contributed by atoms with van der Waals surface area (Å²) < 4.78 is 49.1. The van der Waals surface area contributed by atoms with Gasteiger partial charge in [-0.1, -0.05) is 43.7 Å². The number of imidazole rings is 1. The second-order valence-corrected chi connectivity index (χ2v) is 10.7. The van der Waals surface area contributed by atoms with Gasteiger partial charge in [-0.2, -0.15) is 0 Å². The molecule has 226 valence electrons. The Bertz CT molecular complexity index is 1540. The molecule has 0 aliphatic heterocycles. The number of rotatable bonds is 13. The van der Waals surface area contributed by atoms with Gasteiger partial charge in [0.1, 0.15) is 24.6 Å². The summed E-state index contributed by atoms with van der Waals surface area (Å²) in [6, 6.07) is 15.9. The number of carbonyl (C=O) groups is 1. The lowest BCUT2D eigenvalue weighted by Gasteiger charge is -2.29. The number of hydrogen-bond acceptors (Lipinski definition) is 5. The number of amides is 1. The molecule has 1 amide bonds. The molecule has 1 aliphatic carbocycles. The first-order valence-electron chi connectivity index (χ1n) is 14.6. The molecule has 3 aromatic carbocycles. The van der Waals surface area contributed by atoms with Crippen molar-refractivity contribution in [3.8, 4) is 11.4 Å². The lowest BCUT2D eigenvalue weighted by atomic mass is 9.87. The number of benzene rings is 3. The maximum Gasteiger partial charge on any atom is 0.242 e. The Kier molecular flexibility index (Phi) is 10.1. The number of hydrogen-bond donors (Lipinski definition) is 3. The molecule has 0 fully saturated rings. The highest BCUT2D eigenvalue weighted by Gasteiger charge is 2.27. The summed E-state index contributed by atoms with van der Waals surface area (Å²) in [4.78, 5) is 17.7. The number of aromatic nitrogens is 2. The molecule has 1 heterocycles. The predicted octanol–water partition coefficient (Wildman–Crippen LogP) is 5.71. The third kappa shape index (κ3) is 7.82. The van der Waals surface area contributed by atoms with Gasteiger partial charge in [-0.25, -0.2) is 18.2 Å². The van der Waals surface area contributed by atoms with Crippen molar-refractivity contribution in [2.24, 2.45) is 0 Å². The van der Waals surface area contributed by atoms with E-state index < -0.39 is 17.7 Å².